The summed E-state index contributed by atoms with van der Waals surface area (Å²) in [5.74, 6) is 1.39. The second-order valence-corrected chi connectivity index (χ2v) is 5.80. The number of hydrogen-bond donors (Lipinski definition) is 2. The van der Waals surface area contributed by atoms with Gasteiger partial charge in [-0.05, 0) is 36.6 Å². The van der Waals surface area contributed by atoms with Gasteiger partial charge in [0.25, 0.3) is 0 Å². The first-order valence-electron chi connectivity index (χ1n) is 8.40. The van der Waals surface area contributed by atoms with E-state index in [0.29, 0.717) is 24.6 Å². The molecule has 1 atom stereocenters. The summed E-state index contributed by atoms with van der Waals surface area (Å²) in [7, 11) is 3.23. The van der Waals surface area contributed by atoms with E-state index >= 15 is 0 Å². The minimum atomic E-state index is -0.0109. The van der Waals surface area contributed by atoms with Crippen molar-refractivity contribution in [3.8, 4) is 11.5 Å². The Morgan fingerprint density at radius 3 is 2.44 bits per heavy atom. The number of rotatable bonds is 9. The lowest BCUT2D eigenvalue weighted by molar-refractivity contribution is -0.120. The van der Waals surface area contributed by atoms with E-state index in [9.17, 15) is 4.79 Å². The van der Waals surface area contributed by atoms with Crippen molar-refractivity contribution in [3.05, 3.63) is 59.7 Å². The van der Waals surface area contributed by atoms with Crippen LogP contribution in [0.25, 0.3) is 0 Å². The summed E-state index contributed by atoms with van der Waals surface area (Å²) in [5.41, 5.74) is 2.25. The van der Waals surface area contributed by atoms with Crippen LogP contribution in [-0.4, -0.2) is 33.2 Å². The lowest BCUT2D eigenvalue weighted by atomic mass is 10.1. The molecule has 2 N–H and O–H groups in total. The maximum absolute atomic E-state index is 12.0. The normalized spacial score (nSPS) is 11.6. The highest BCUT2D eigenvalue weighted by atomic mass is 16.5. The molecule has 1 amide bonds. The molecule has 0 heterocycles. The molecule has 2 rings (SSSR count). The minimum Gasteiger partial charge on any atom is -0.493 e. The number of amides is 1. The number of benzene rings is 2. The molecule has 2 aromatic carbocycles. The average Bonchev–Trinajstić information content (AvgIpc) is 2.66. The Kier molecular flexibility index (Phi) is 7.29. The van der Waals surface area contributed by atoms with Crippen molar-refractivity contribution in [1.29, 1.82) is 0 Å². The Hall–Kier alpha value is -2.53. The van der Waals surface area contributed by atoms with Crippen molar-refractivity contribution in [2.24, 2.45) is 0 Å². The van der Waals surface area contributed by atoms with E-state index in [2.05, 4.69) is 10.6 Å². The molecule has 0 aromatic heterocycles. The number of hydrogen-bond acceptors (Lipinski definition) is 4. The molecule has 25 heavy (non-hydrogen) atoms. The van der Waals surface area contributed by atoms with Crippen LogP contribution in [0, 0.1) is 0 Å². The zero-order valence-electron chi connectivity index (χ0n) is 15.0. The van der Waals surface area contributed by atoms with Crippen molar-refractivity contribution >= 4 is 5.91 Å². The third-order valence-electron chi connectivity index (χ3n) is 4.05. The number of methoxy groups -OCH3 is 2. The van der Waals surface area contributed by atoms with Crippen LogP contribution in [0.4, 0.5) is 0 Å². The third-order valence-corrected chi connectivity index (χ3v) is 4.05. The van der Waals surface area contributed by atoms with Crippen molar-refractivity contribution in [2.75, 3.05) is 27.3 Å². The van der Waals surface area contributed by atoms with Crippen LogP contribution in [-0.2, 0) is 11.2 Å². The molecule has 0 bridgehead atoms. The molecule has 134 valence electrons. The summed E-state index contributed by atoms with van der Waals surface area (Å²) in [5, 5.41) is 6.16. The van der Waals surface area contributed by atoms with Crippen molar-refractivity contribution < 1.29 is 14.3 Å². The van der Waals surface area contributed by atoms with Crippen molar-refractivity contribution in [1.82, 2.24) is 10.6 Å². The zero-order valence-corrected chi connectivity index (χ0v) is 15.0. The van der Waals surface area contributed by atoms with Crippen LogP contribution in [0.1, 0.15) is 24.1 Å². The topological polar surface area (TPSA) is 59.6 Å². The summed E-state index contributed by atoms with van der Waals surface area (Å²) in [6.07, 6.45) is 0.736. The first-order chi connectivity index (χ1) is 12.1. The molecule has 0 fully saturated rings. The fourth-order valence-electron chi connectivity index (χ4n) is 2.55. The largest absolute Gasteiger partial charge is 0.493 e. The van der Waals surface area contributed by atoms with Gasteiger partial charge in [0.05, 0.1) is 20.8 Å². The minimum absolute atomic E-state index is 0.0109. The van der Waals surface area contributed by atoms with Gasteiger partial charge in [-0.15, -0.1) is 0 Å². The smallest absolute Gasteiger partial charge is 0.233 e. The van der Waals surface area contributed by atoms with Crippen LogP contribution in [0.3, 0.4) is 0 Å². The second-order valence-electron chi connectivity index (χ2n) is 5.80. The molecule has 0 saturated carbocycles. The fraction of sp³-hybridized carbons (Fsp3) is 0.350. The molecule has 2 aromatic rings. The maximum Gasteiger partial charge on any atom is 0.233 e. The standard InChI is InChI=1S/C20H26N2O3/c1-15(17-7-5-4-6-8-17)22-14-20(23)21-12-11-16-9-10-18(24-2)19(13-16)25-3/h4-10,13,15,22H,11-12,14H2,1-3H3,(H,21,23). The van der Waals surface area contributed by atoms with Crippen LogP contribution in [0.15, 0.2) is 48.5 Å². The summed E-state index contributed by atoms with van der Waals surface area (Å²) in [6.45, 7) is 2.92. The van der Waals surface area contributed by atoms with E-state index in [4.69, 9.17) is 9.47 Å². The third kappa shape index (κ3) is 5.80. The van der Waals surface area contributed by atoms with E-state index in [1.807, 2.05) is 55.5 Å². The lowest BCUT2D eigenvalue weighted by Gasteiger charge is -2.14. The van der Waals surface area contributed by atoms with E-state index in [1.165, 1.54) is 5.56 Å². The zero-order chi connectivity index (χ0) is 18.1. The Bertz CT molecular complexity index is 674. The van der Waals surface area contributed by atoms with E-state index in [1.54, 1.807) is 14.2 Å². The molecule has 5 heteroatoms. The van der Waals surface area contributed by atoms with Gasteiger partial charge in [-0.2, -0.15) is 0 Å². The number of ether oxygens (including phenoxy) is 2. The van der Waals surface area contributed by atoms with Crippen molar-refractivity contribution in [2.45, 2.75) is 19.4 Å². The van der Waals surface area contributed by atoms with Gasteiger partial charge in [0.2, 0.25) is 5.91 Å². The lowest BCUT2D eigenvalue weighted by Crippen LogP contribution is -2.36. The molecule has 0 aliphatic carbocycles. The molecule has 0 radical (unpaired) electrons. The van der Waals surface area contributed by atoms with Crippen LogP contribution >= 0.6 is 0 Å². The predicted molar refractivity (Wildman–Crippen MR) is 99.1 cm³/mol. The van der Waals surface area contributed by atoms with E-state index in [-0.39, 0.29) is 11.9 Å². The predicted octanol–water partition coefficient (Wildman–Crippen LogP) is 2.71. The molecule has 0 aliphatic heterocycles. The van der Waals surface area contributed by atoms with Gasteiger partial charge in [0.15, 0.2) is 11.5 Å². The summed E-state index contributed by atoms with van der Waals surface area (Å²) in [6, 6.07) is 16.0. The molecule has 5 nitrogen and oxygen atoms in total. The SMILES string of the molecule is COc1ccc(CCNC(=O)CNC(C)c2ccccc2)cc1OC. The highest BCUT2D eigenvalue weighted by Crippen LogP contribution is 2.27. The van der Waals surface area contributed by atoms with Crippen molar-refractivity contribution in [3.63, 3.8) is 0 Å². The summed E-state index contributed by atoms with van der Waals surface area (Å²) < 4.78 is 10.5. The number of carbonyl (C=O) groups excluding carboxylic acids is 1. The molecule has 0 saturated heterocycles. The Morgan fingerprint density at radius 2 is 1.76 bits per heavy atom. The van der Waals surface area contributed by atoms with Crippen LogP contribution in [0.5, 0.6) is 11.5 Å². The van der Waals surface area contributed by atoms with Gasteiger partial charge in [-0.1, -0.05) is 36.4 Å². The maximum atomic E-state index is 12.0. The quantitative estimate of drug-likeness (QED) is 0.736. The first kappa shape index (κ1) is 18.8. The number of nitrogens with one attached hydrogen (secondary N) is 2. The highest BCUT2D eigenvalue weighted by Gasteiger charge is 2.08. The fourth-order valence-corrected chi connectivity index (χ4v) is 2.55. The van der Waals surface area contributed by atoms with E-state index in [0.717, 1.165) is 12.0 Å². The number of carbonyl (C=O) groups is 1. The Labute approximate surface area is 149 Å². The highest BCUT2D eigenvalue weighted by molar-refractivity contribution is 5.78. The van der Waals surface area contributed by atoms with Gasteiger partial charge in [-0.3, -0.25) is 4.79 Å². The summed E-state index contributed by atoms with van der Waals surface area (Å²) in [4.78, 5) is 12.0. The molecule has 0 spiro atoms. The van der Waals surface area contributed by atoms with Gasteiger partial charge in [-0.25, -0.2) is 0 Å². The molecule has 0 aliphatic rings. The van der Waals surface area contributed by atoms with Gasteiger partial charge >= 0.3 is 0 Å². The molecular weight excluding hydrogens is 316 g/mol. The van der Waals surface area contributed by atoms with Gasteiger partial charge in [0.1, 0.15) is 0 Å². The van der Waals surface area contributed by atoms with Crippen LogP contribution in [0.2, 0.25) is 0 Å². The van der Waals surface area contributed by atoms with Crippen LogP contribution < -0.4 is 20.1 Å². The molecule has 1 unspecified atom stereocenters. The molecular formula is C20H26N2O3. The monoisotopic (exact) mass is 342 g/mol. The Morgan fingerprint density at radius 1 is 1.04 bits per heavy atom. The first-order valence-corrected chi connectivity index (χ1v) is 8.40. The van der Waals surface area contributed by atoms with Gasteiger partial charge in [0, 0.05) is 12.6 Å². The second kappa shape index (κ2) is 9.69. The summed E-state index contributed by atoms with van der Waals surface area (Å²) >= 11 is 0. The average molecular weight is 342 g/mol. The Balaban J connectivity index is 1.73. The van der Waals surface area contributed by atoms with E-state index < -0.39 is 0 Å². The van der Waals surface area contributed by atoms with Gasteiger partial charge < -0.3 is 20.1 Å².